The molecule has 0 spiro atoms. The predicted octanol–water partition coefficient (Wildman–Crippen LogP) is 2.35. The highest BCUT2D eigenvalue weighted by Crippen LogP contribution is 2.24. The molecule has 4 heteroatoms. The van der Waals surface area contributed by atoms with Gasteiger partial charge in [0.25, 0.3) is 0 Å². The molecule has 0 amide bonds. The van der Waals surface area contributed by atoms with Crippen molar-refractivity contribution in [3.05, 3.63) is 54.1 Å². The summed E-state index contributed by atoms with van der Waals surface area (Å²) in [4.78, 5) is 6.82. The molecule has 1 unspecified atom stereocenters. The summed E-state index contributed by atoms with van der Waals surface area (Å²) in [6.45, 7) is 1.85. The van der Waals surface area contributed by atoms with Gasteiger partial charge in [0.2, 0.25) is 0 Å². The van der Waals surface area contributed by atoms with Crippen LogP contribution in [0.3, 0.4) is 0 Å². The first-order valence-corrected chi connectivity index (χ1v) is 7.69. The van der Waals surface area contributed by atoms with Crippen molar-refractivity contribution in [3.8, 4) is 0 Å². The van der Waals surface area contributed by atoms with Crippen molar-refractivity contribution < 1.29 is 0 Å². The number of likely N-dealkylation sites (N-methyl/N-ethyl adjacent to an activating group) is 1. The SMILES string of the molecule is CN(Cc1nccn1C)C(CNC1CC1)c1ccccc1. The molecule has 1 heterocycles. The fourth-order valence-corrected chi connectivity index (χ4v) is 2.65. The van der Waals surface area contributed by atoms with Gasteiger partial charge in [-0.05, 0) is 25.5 Å². The van der Waals surface area contributed by atoms with Gasteiger partial charge < -0.3 is 9.88 Å². The normalized spacial score (nSPS) is 16.3. The Balaban J connectivity index is 1.71. The number of benzene rings is 1. The molecule has 1 aromatic heterocycles. The molecule has 0 aliphatic heterocycles. The molecule has 1 aromatic carbocycles. The minimum atomic E-state index is 0.378. The Morgan fingerprint density at radius 3 is 2.71 bits per heavy atom. The average molecular weight is 284 g/mol. The van der Waals surface area contributed by atoms with Gasteiger partial charge in [-0.3, -0.25) is 4.90 Å². The predicted molar refractivity (Wildman–Crippen MR) is 84.9 cm³/mol. The van der Waals surface area contributed by atoms with Gasteiger partial charge in [-0.2, -0.15) is 0 Å². The second-order valence-corrected chi connectivity index (χ2v) is 5.98. The lowest BCUT2D eigenvalue weighted by molar-refractivity contribution is 0.222. The lowest BCUT2D eigenvalue weighted by Gasteiger charge is -2.28. The number of aryl methyl sites for hydroxylation is 1. The summed E-state index contributed by atoms with van der Waals surface area (Å²) in [6.07, 6.45) is 6.52. The van der Waals surface area contributed by atoms with Crippen LogP contribution in [-0.2, 0) is 13.6 Å². The quantitative estimate of drug-likeness (QED) is 0.847. The van der Waals surface area contributed by atoms with Gasteiger partial charge in [-0.15, -0.1) is 0 Å². The standard InChI is InChI=1S/C17H24N4/c1-20-11-10-18-17(20)13-21(2)16(12-19-15-8-9-15)14-6-4-3-5-7-14/h3-7,10-11,15-16,19H,8-9,12-13H2,1-2H3. The highest BCUT2D eigenvalue weighted by Gasteiger charge is 2.24. The molecular weight excluding hydrogens is 260 g/mol. The van der Waals surface area contributed by atoms with Crippen LogP contribution in [0, 0.1) is 0 Å². The third-order valence-corrected chi connectivity index (χ3v) is 4.21. The molecule has 0 bridgehead atoms. The maximum Gasteiger partial charge on any atom is 0.122 e. The van der Waals surface area contributed by atoms with Gasteiger partial charge in [0, 0.05) is 38.1 Å². The molecule has 1 aliphatic rings. The molecule has 1 saturated carbocycles. The topological polar surface area (TPSA) is 33.1 Å². The van der Waals surface area contributed by atoms with Gasteiger partial charge in [0.05, 0.1) is 6.54 Å². The van der Waals surface area contributed by atoms with Gasteiger partial charge >= 0.3 is 0 Å². The minimum absolute atomic E-state index is 0.378. The van der Waals surface area contributed by atoms with E-state index in [1.165, 1.54) is 18.4 Å². The number of rotatable bonds is 7. The van der Waals surface area contributed by atoms with E-state index in [0.29, 0.717) is 6.04 Å². The molecule has 1 N–H and O–H groups in total. The van der Waals surface area contributed by atoms with Crippen molar-refractivity contribution in [2.75, 3.05) is 13.6 Å². The Morgan fingerprint density at radius 1 is 1.33 bits per heavy atom. The summed E-state index contributed by atoms with van der Waals surface area (Å²) >= 11 is 0. The van der Waals surface area contributed by atoms with Crippen molar-refractivity contribution in [3.63, 3.8) is 0 Å². The van der Waals surface area contributed by atoms with Crippen molar-refractivity contribution >= 4 is 0 Å². The van der Waals surface area contributed by atoms with Crippen LogP contribution >= 0.6 is 0 Å². The first kappa shape index (κ1) is 14.3. The minimum Gasteiger partial charge on any atom is -0.337 e. The van der Waals surface area contributed by atoms with E-state index in [4.69, 9.17) is 0 Å². The van der Waals surface area contributed by atoms with Crippen LogP contribution in [-0.4, -0.2) is 34.1 Å². The lowest BCUT2D eigenvalue weighted by atomic mass is 10.1. The molecule has 0 radical (unpaired) electrons. The first-order chi connectivity index (χ1) is 10.2. The molecule has 1 fully saturated rings. The Bertz CT molecular complexity index is 559. The van der Waals surface area contributed by atoms with E-state index >= 15 is 0 Å². The fraction of sp³-hybridized carbons (Fsp3) is 0.471. The van der Waals surface area contributed by atoms with Crippen molar-refractivity contribution in [2.45, 2.75) is 31.5 Å². The second kappa shape index (κ2) is 6.41. The Labute approximate surface area is 126 Å². The Morgan fingerprint density at radius 2 is 2.10 bits per heavy atom. The molecule has 0 saturated heterocycles. The number of imidazole rings is 1. The summed E-state index contributed by atoms with van der Waals surface area (Å²) < 4.78 is 2.09. The summed E-state index contributed by atoms with van der Waals surface area (Å²) in [5, 5.41) is 3.66. The van der Waals surface area contributed by atoms with E-state index in [2.05, 4.69) is 64.2 Å². The number of nitrogens with zero attached hydrogens (tertiary/aromatic N) is 3. The van der Waals surface area contributed by atoms with Gasteiger partial charge in [-0.25, -0.2) is 4.98 Å². The highest BCUT2D eigenvalue weighted by atomic mass is 15.2. The Hall–Kier alpha value is -1.65. The number of hydrogen-bond donors (Lipinski definition) is 1. The van der Waals surface area contributed by atoms with Crippen LogP contribution in [0.15, 0.2) is 42.7 Å². The van der Waals surface area contributed by atoms with Crippen LogP contribution in [0.1, 0.15) is 30.3 Å². The third-order valence-electron chi connectivity index (χ3n) is 4.21. The Kier molecular flexibility index (Phi) is 4.36. The first-order valence-electron chi connectivity index (χ1n) is 7.69. The van der Waals surface area contributed by atoms with Crippen LogP contribution < -0.4 is 5.32 Å². The summed E-state index contributed by atoms with van der Waals surface area (Å²) in [7, 11) is 4.23. The van der Waals surface area contributed by atoms with Crippen LogP contribution in [0.25, 0.3) is 0 Å². The molecular formula is C17H24N4. The average Bonchev–Trinajstić information content (AvgIpc) is 3.24. The van der Waals surface area contributed by atoms with Gasteiger partial charge in [0.15, 0.2) is 0 Å². The summed E-state index contributed by atoms with van der Waals surface area (Å²) in [5.41, 5.74) is 1.36. The van der Waals surface area contributed by atoms with Gasteiger partial charge in [-0.1, -0.05) is 30.3 Å². The molecule has 112 valence electrons. The molecule has 4 nitrogen and oxygen atoms in total. The fourth-order valence-electron chi connectivity index (χ4n) is 2.65. The molecule has 21 heavy (non-hydrogen) atoms. The summed E-state index contributed by atoms with van der Waals surface area (Å²) in [5.74, 6) is 1.10. The second-order valence-electron chi connectivity index (χ2n) is 5.98. The molecule has 2 aromatic rings. The largest absolute Gasteiger partial charge is 0.337 e. The molecule has 3 rings (SSSR count). The van der Waals surface area contributed by atoms with E-state index in [1.807, 2.05) is 12.4 Å². The van der Waals surface area contributed by atoms with E-state index in [-0.39, 0.29) is 0 Å². The third kappa shape index (κ3) is 3.71. The zero-order valence-electron chi connectivity index (χ0n) is 12.9. The van der Waals surface area contributed by atoms with Crippen molar-refractivity contribution in [1.29, 1.82) is 0 Å². The van der Waals surface area contributed by atoms with Crippen molar-refractivity contribution in [2.24, 2.45) is 7.05 Å². The van der Waals surface area contributed by atoms with Crippen LogP contribution in [0.4, 0.5) is 0 Å². The van der Waals surface area contributed by atoms with E-state index < -0.39 is 0 Å². The monoisotopic (exact) mass is 284 g/mol. The number of aromatic nitrogens is 2. The maximum atomic E-state index is 4.44. The van der Waals surface area contributed by atoms with E-state index in [1.54, 1.807) is 0 Å². The van der Waals surface area contributed by atoms with E-state index in [0.717, 1.165) is 25.0 Å². The van der Waals surface area contributed by atoms with Crippen molar-refractivity contribution in [1.82, 2.24) is 19.8 Å². The maximum absolute atomic E-state index is 4.44. The highest BCUT2D eigenvalue weighted by molar-refractivity contribution is 5.19. The molecule has 1 atom stereocenters. The molecule has 1 aliphatic carbocycles. The lowest BCUT2D eigenvalue weighted by Crippen LogP contribution is -2.34. The van der Waals surface area contributed by atoms with Gasteiger partial charge in [0.1, 0.15) is 5.82 Å². The zero-order chi connectivity index (χ0) is 14.7. The number of nitrogens with one attached hydrogen (secondary N) is 1. The van der Waals surface area contributed by atoms with Crippen LogP contribution in [0.5, 0.6) is 0 Å². The van der Waals surface area contributed by atoms with Crippen LogP contribution in [0.2, 0.25) is 0 Å². The smallest absolute Gasteiger partial charge is 0.122 e. The summed E-state index contributed by atoms with van der Waals surface area (Å²) in [6, 6.07) is 11.9. The number of hydrogen-bond acceptors (Lipinski definition) is 3. The zero-order valence-corrected chi connectivity index (χ0v) is 12.9. The van der Waals surface area contributed by atoms with E-state index in [9.17, 15) is 0 Å².